The van der Waals surface area contributed by atoms with Crippen LogP contribution in [0.1, 0.15) is 102 Å². The predicted octanol–water partition coefficient (Wildman–Crippen LogP) is 1.04. The SMILES string of the molecule is CCCCCCCCN(C[C@H](O)[C@@H](O)[C@H](O)[C@H]1CO[C@@H](C)O1)C[C@H](O)[C@@H](O)[C@H](O)[C@H]1CO[C@@H](C)O1.CCCCCN=C(N)NC(=O)c1nc(Cl)c(C)nc1N.S.S.S.S. The molecule has 0 spiro atoms. The van der Waals surface area contributed by atoms with Crippen LogP contribution >= 0.6 is 65.6 Å². The molecule has 3 rings (SSSR count). The van der Waals surface area contributed by atoms with Gasteiger partial charge in [0.15, 0.2) is 35.2 Å². The Balaban J connectivity index is -0.00000113. The summed E-state index contributed by atoms with van der Waals surface area (Å²) >= 11 is 5.81. The summed E-state index contributed by atoms with van der Waals surface area (Å²) < 4.78 is 21.3. The van der Waals surface area contributed by atoms with Crippen molar-refractivity contribution >= 4 is 83.3 Å². The molecule has 2 saturated heterocycles. The van der Waals surface area contributed by atoms with Crippen LogP contribution in [-0.2, 0) is 18.9 Å². The second kappa shape index (κ2) is 33.6. The topological polar surface area (TPSA) is 281 Å². The standard InChI is InChI=1S/C24H47NO10.C12H19ClN6O.4H2S/c1-4-5-6-7-8-9-10-25(11-17(26)21(28)23(30)19-13-32-15(2)34-19)12-18(27)22(29)24(31)20-14-33-16(3)35-20;1-3-4-5-6-16-12(15)19-11(20)8-10(14)17-7(2)9(13)18-8;;;;/h15-24,26-31H,4-14H2,1-3H3;3-6H2,1-2H3,(H2,14,17)(H3,15,16,19,20);4*1H2/t15-,16-,17+,18+,19-,20-,21-,22-,23-,24-;;;;;/m1...../s1. The van der Waals surface area contributed by atoms with Crippen LogP contribution in [0.5, 0.6) is 0 Å². The van der Waals surface area contributed by atoms with Crippen LogP contribution in [0.2, 0.25) is 5.15 Å². The third-order valence-electron chi connectivity index (χ3n) is 9.23. The lowest BCUT2D eigenvalue weighted by atomic mass is 10.0. The fourth-order valence-corrected chi connectivity index (χ4v) is 6.07. The molecule has 0 unspecified atom stereocenters. The normalized spacial score (nSPS) is 21.9. The number of aliphatic hydroxyl groups excluding tert-OH is 6. The van der Waals surface area contributed by atoms with Crippen LogP contribution < -0.4 is 16.8 Å². The number of aliphatic hydroxyl groups is 6. The Bertz CT molecular complexity index is 1270. The maximum atomic E-state index is 11.9. The monoisotopic (exact) mass is 943 g/mol. The van der Waals surface area contributed by atoms with Gasteiger partial charge in [-0.2, -0.15) is 54.0 Å². The number of halogens is 1. The zero-order chi connectivity index (χ0) is 41.1. The zero-order valence-electron chi connectivity index (χ0n) is 34.9. The molecular weight excluding hydrogens is 870 g/mol. The van der Waals surface area contributed by atoms with Gasteiger partial charge < -0.3 is 61.1 Å². The molecule has 2 aliphatic heterocycles. The molecule has 2 aliphatic rings. The van der Waals surface area contributed by atoms with Gasteiger partial charge in [0.25, 0.3) is 5.91 Å². The molecule has 23 heteroatoms. The summed E-state index contributed by atoms with van der Waals surface area (Å²) in [5, 5.41) is 65.7. The molecule has 0 aliphatic carbocycles. The second-order valence-corrected chi connectivity index (χ2v) is 14.4. The van der Waals surface area contributed by atoms with Crippen molar-refractivity contribution < 1.29 is 54.4 Å². The number of rotatable bonds is 22. The second-order valence-electron chi connectivity index (χ2n) is 14.0. The number of carbonyl (C=O) groups excluding carboxylic acids is 1. The van der Waals surface area contributed by atoms with E-state index in [1.165, 1.54) is 6.42 Å². The molecule has 0 radical (unpaired) electrons. The van der Waals surface area contributed by atoms with Crippen molar-refractivity contribution in [3.63, 3.8) is 0 Å². The Morgan fingerprint density at radius 2 is 1.27 bits per heavy atom. The van der Waals surface area contributed by atoms with Crippen LogP contribution in [0.25, 0.3) is 0 Å². The lowest BCUT2D eigenvalue weighted by Gasteiger charge is -2.33. The van der Waals surface area contributed by atoms with Gasteiger partial charge in [-0.05, 0) is 40.2 Å². The summed E-state index contributed by atoms with van der Waals surface area (Å²) in [5.41, 5.74) is 11.6. The van der Waals surface area contributed by atoms with Crippen molar-refractivity contribution in [2.75, 3.05) is 45.1 Å². The number of nitrogens with zero attached hydrogens (tertiary/aromatic N) is 4. The fraction of sp³-hybridized carbons (Fsp3) is 0.833. The van der Waals surface area contributed by atoms with E-state index in [9.17, 15) is 35.4 Å². The number of anilines is 1. The van der Waals surface area contributed by atoms with Gasteiger partial charge in [-0.25, -0.2) is 9.97 Å². The lowest BCUT2D eigenvalue weighted by Crippen LogP contribution is -2.53. The predicted molar refractivity (Wildman–Crippen MR) is 248 cm³/mol. The van der Waals surface area contributed by atoms with E-state index in [0.29, 0.717) is 18.8 Å². The van der Waals surface area contributed by atoms with Crippen molar-refractivity contribution in [1.29, 1.82) is 0 Å². The van der Waals surface area contributed by atoms with Gasteiger partial charge in [-0.15, -0.1) is 0 Å². The Morgan fingerprint density at radius 3 is 1.73 bits per heavy atom. The first-order chi connectivity index (χ1) is 26.1. The molecule has 10 atom stereocenters. The number of nitrogens with two attached hydrogens (primary N) is 2. The molecule has 0 saturated carbocycles. The maximum absolute atomic E-state index is 11.9. The number of guanidine groups is 1. The third kappa shape index (κ3) is 22.8. The summed E-state index contributed by atoms with van der Waals surface area (Å²) in [4.78, 5) is 25.5. The molecule has 350 valence electrons. The number of amides is 1. The molecule has 18 nitrogen and oxygen atoms in total. The summed E-state index contributed by atoms with van der Waals surface area (Å²) in [6.07, 6.45) is -1.43. The summed E-state index contributed by atoms with van der Waals surface area (Å²) in [6, 6.07) is 0. The van der Waals surface area contributed by atoms with E-state index in [2.05, 4.69) is 34.1 Å². The van der Waals surface area contributed by atoms with Crippen LogP contribution in [0.3, 0.4) is 0 Å². The van der Waals surface area contributed by atoms with Crippen LogP contribution in [0.15, 0.2) is 4.99 Å². The van der Waals surface area contributed by atoms with Gasteiger partial charge in [0.2, 0.25) is 0 Å². The molecule has 1 aromatic rings. The van der Waals surface area contributed by atoms with Crippen molar-refractivity contribution in [3.05, 3.63) is 16.5 Å². The van der Waals surface area contributed by atoms with E-state index in [0.717, 1.165) is 51.4 Å². The smallest absolute Gasteiger partial charge is 0.280 e. The van der Waals surface area contributed by atoms with Gasteiger partial charge in [-0.1, -0.05) is 70.4 Å². The number of unbranched alkanes of at least 4 members (excludes halogenated alkanes) is 7. The third-order valence-corrected chi connectivity index (χ3v) is 9.59. The van der Waals surface area contributed by atoms with Gasteiger partial charge in [0.05, 0.1) is 31.1 Å². The molecule has 59 heavy (non-hydrogen) atoms. The lowest BCUT2D eigenvalue weighted by molar-refractivity contribution is -0.135. The number of hydrogen-bond donors (Lipinski definition) is 9. The summed E-state index contributed by atoms with van der Waals surface area (Å²) in [5.74, 6) is -0.541. The van der Waals surface area contributed by atoms with E-state index in [1.807, 2.05) is 0 Å². The number of nitrogen functional groups attached to an aromatic ring is 1. The number of aryl methyl sites for hydroxylation is 1. The minimum Gasteiger partial charge on any atom is -0.389 e. The Morgan fingerprint density at radius 1 is 0.814 bits per heavy atom. The fourth-order valence-electron chi connectivity index (χ4n) is 5.94. The Hall–Kier alpha value is -0.930. The summed E-state index contributed by atoms with van der Waals surface area (Å²) in [7, 11) is 0. The highest BCUT2D eigenvalue weighted by Crippen LogP contribution is 2.21. The van der Waals surface area contributed by atoms with E-state index in [-0.39, 0.29) is 103 Å². The minimum atomic E-state index is -1.49. The molecule has 1 amide bonds. The zero-order valence-corrected chi connectivity index (χ0v) is 39.7. The largest absolute Gasteiger partial charge is 0.389 e. The van der Waals surface area contributed by atoms with Crippen molar-refractivity contribution in [1.82, 2.24) is 20.2 Å². The number of carbonyl (C=O) groups is 1. The van der Waals surface area contributed by atoms with Gasteiger partial charge in [0, 0.05) is 19.6 Å². The number of nitrogens with one attached hydrogen (secondary N) is 1. The van der Waals surface area contributed by atoms with Crippen LogP contribution in [0, 0.1) is 6.92 Å². The molecule has 1 aromatic heterocycles. The van der Waals surface area contributed by atoms with E-state index in [4.69, 9.17) is 42.0 Å². The number of aliphatic imine (C=N–C) groups is 1. The number of ether oxygens (including phenoxy) is 4. The van der Waals surface area contributed by atoms with E-state index in [1.54, 1.807) is 25.7 Å². The van der Waals surface area contributed by atoms with Gasteiger partial charge in [0.1, 0.15) is 36.6 Å². The first kappa shape index (κ1) is 62.4. The van der Waals surface area contributed by atoms with E-state index < -0.39 is 67.3 Å². The van der Waals surface area contributed by atoms with Crippen molar-refractivity contribution in [2.24, 2.45) is 10.7 Å². The van der Waals surface area contributed by atoms with Crippen LogP contribution in [-0.4, -0.2) is 158 Å². The van der Waals surface area contributed by atoms with Crippen LogP contribution in [0.4, 0.5) is 5.82 Å². The molecule has 2 fully saturated rings. The Kier molecular flexibility index (Phi) is 35.5. The summed E-state index contributed by atoms with van der Waals surface area (Å²) in [6.45, 7) is 10.5. The first-order valence-corrected chi connectivity index (χ1v) is 19.7. The highest BCUT2D eigenvalue weighted by molar-refractivity contribution is 7.59. The molecule has 3 heterocycles. The minimum absolute atomic E-state index is 0. The van der Waals surface area contributed by atoms with Gasteiger partial charge >= 0.3 is 0 Å². The molecule has 0 aromatic carbocycles. The average molecular weight is 945 g/mol. The van der Waals surface area contributed by atoms with Crippen molar-refractivity contribution in [3.8, 4) is 0 Å². The highest BCUT2D eigenvalue weighted by atomic mass is 35.5. The van der Waals surface area contributed by atoms with E-state index >= 15 is 0 Å². The average Bonchev–Trinajstić information content (AvgIpc) is 3.79. The quantitative estimate of drug-likeness (QED) is 0.0446. The molecule has 0 bridgehead atoms. The maximum Gasteiger partial charge on any atom is 0.280 e. The Labute approximate surface area is 382 Å². The van der Waals surface area contributed by atoms with Crippen molar-refractivity contribution in [2.45, 2.75) is 154 Å². The molecule has 11 N–H and O–H groups in total. The highest BCUT2D eigenvalue weighted by Gasteiger charge is 2.39. The molecular formula is C36H74ClN7O11S4. The van der Waals surface area contributed by atoms with Gasteiger partial charge in [-0.3, -0.25) is 20.0 Å². The number of aromatic nitrogens is 2. The first-order valence-electron chi connectivity index (χ1n) is 19.3. The number of hydrogen-bond acceptors (Lipinski definition) is 16.